The molecular weight excluding hydrogens is 396 g/mol. The van der Waals surface area contributed by atoms with Crippen molar-refractivity contribution in [1.29, 1.82) is 0 Å². The van der Waals surface area contributed by atoms with Crippen LogP contribution in [-0.2, 0) is 4.79 Å². The van der Waals surface area contributed by atoms with Crippen LogP contribution in [0.25, 0.3) is 17.4 Å². The molecule has 0 radical (unpaired) electrons. The summed E-state index contributed by atoms with van der Waals surface area (Å²) in [5.41, 5.74) is 1.29. The Balaban J connectivity index is 1.61. The Morgan fingerprint density at radius 1 is 1.07 bits per heavy atom. The number of amides is 1. The minimum atomic E-state index is -0.456. The van der Waals surface area contributed by atoms with Crippen molar-refractivity contribution in [2.45, 2.75) is 0 Å². The fourth-order valence-electron chi connectivity index (χ4n) is 2.75. The average molecular weight is 408 g/mol. The van der Waals surface area contributed by atoms with Crippen LogP contribution in [0.4, 0.5) is 11.4 Å². The number of furan rings is 1. The predicted molar refractivity (Wildman–Crippen MR) is 113 cm³/mol. The van der Waals surface area contributed by atoms with Gasteiger partial charge in [0.2, 0.25) is 0 Å². The number of hydrogen-bond acceptors (Lipinski definition) is 6. The van der Waals surface area contributed by atoms with Gasteiger partial charge < -0.3 is 4.42 Å². The van der Waals surface area contributed by atoms with Crippen LogP contribution in [0.2, 0.25) is 0 Å². The highest BCUT2D eigenvalue weighted by Crippen LogP contribution is 2.36. The molecule has 0 N–H and O–H groups in total. The largest absolute Gasteiger partial charge is 0.457 e. The Bertz CT molecular complexity index is 1120. The molecule has 2 aromatic carbocycles. The van der Waals surface area contributed by atoms with E-state index in [1.165, 1.54) is 28.8 Å². The summed E-state index contributed by atoms with van der Waals surface area (Å²) in [6.45, 7) is 0. The lowest BCUT2D eigenvalue weighted by atomic mass is 10.1. The van der Waals surface area contributed by atoms with Crippen molar-refractivity contribution in [2.75, 3.05) is 4.90 Å². The van der Waals surface area contributed by atoms with Crippen LogP contribution < -0.4 is 4.90 Å². The normalized spacial score (nSPS) is 15.4. The molecule has 1 amide bonds. The van der Waals surface area contributed by atoms with Crippen LogP contribution >= 0.6 is 24.0 Å². The molecule has 3 aromatic rings. The molecule has 4 rings (SSSR count). The van der Waals surface area contributed by atoms with Gasteiger partial charge in [0.25, 0.3) is 11.6 Å². The van der Waals surface area contributed by atoms with Crippen molar-refractivity contribution in [1.82, 2.24) is 0 Å². The summed E-state index contributed by atoms with van der Waals surface area (Å²) in [7, 11) is 0. The van der Waals surface area contributed by atoms with Crippen LogP contribution in [0.3, 0.4) is 0 Å². The highest BCUT2D eigenvalue weighted by atomic mass is 32.2. The summed E-state index contributed by atoms with van der Waals surface area (Å²) in [6, 6.07) is 18.8. The van der Waals surface area contributed by atoms with Crippen LogP contribution in [-0.4, -0.2) is 15.2 Å². The number of hydrogen-bond donors (Lipinski definition) is 0. The summed E-state index contributed by atoms with van der Waals surface area (Å²) in [5, 5.41) is 10.9. The molecule has 1 aliphatic heterocycles. The topological polar surface area (TPSA) is 76.6 Å². The molecule has 138 valence electrons. The molecule has 0 aliphatic carbocycles. The number of anilines is 1. The van der Waals surface area contributed by atoms with Crippen LogP contribution in [0.5, 0.6) is 0 Å². The molecule has 1 saturated heterocycles. The van der Waals surface area contributed by atoms with E-state index in [9.17, 15) is 14.9 Å². The summed E-state index contributed by atoms with van der Waals surface area (Å²) in [4.78, 5) is 25.2. The lowest BCUT2D eigenvalue weighted by Crippen LogP contribution is -2.27. The molecule has 28 heavy (non-hydrogen) atoms. The number of benzene rings is 2. The van der Waals surface area contributed by atoms with Gasteiger partial charge in [-0.2, -0.15) is 0 Å². The summed E-state index contributed by atoms with van der Waals surface area (Å²) in [6.07, 6.45) is 1.63. The first-order valence-corrected chi connectivity index (χ1v) is 9.43. The summed E-state index contributed by atoms with van der Waals surface area (Å²) in [5.74, 6) is 0.734. The molecule has 0 spiro atoms. The smallest absolute Gasteiger partial charge is 0.270 e. The lowest BCUT2D eigenvalue weighted by Gasteiger charge is -2.13. The minimum Gasteiger partial charge on any atom is -0.457 e. The Morgan fingerprint density at radius 2 is 1.86 bits per heavy atom. The van der Waals surface area contributed by atoms with Gasteiger partial charge in [-0.25, -0.2) is 0 Å². The van der Waals surface area contributed by atoms with E-state index in [-0.39, 0.29) is 11.6 Å². The molecule has 0 bridgehead atoms. The maximum atomic E-state index is 12.7. The zero-order valence-electron chi connectivity index (χ0n) is 14.3. The van der Waals surface area contributed by atoms with Gasteiger partial charge in [-0.3, -0.25) is 19.8 Å². The van der Waals surface area contributed by atoms with Crippen molar-refractivity contribution in [3.63, 3.8) is 0 Å². The molecule has 6 nitrogen and oxygen atoms in total. The molecule has 0 atom stereocenters. The number of rotatable bonds is 4. The SMILES string of the molecule is O=C1/C(=C/c2ccc(-c3cccc([N+](=O)[O-])c3)o2)SC(=S)N1c1ccccc1. The quantitative estimate of drug-likeness (QED) is 0.254. The van der Waals surface area contributed by atoms with E-state index in [0.717, 1.165) is 0 Å². The molecule has 8 heteroatoms. The molecule has 2 heterocycles. The van der Waals surface area contributed by atoms with Crippen molar-refractivity contribution < 1.29 is 14.1 Å². The number of para-hydroxylation sites is 1. The van der Waals surface area contributed by atoms with Gasteiger partial charge in [0.05, 0.1) is 15.5 Å². The van der Waals surface area contributed by atoms with Crippen molar-refractivity contribution in [3.05, 3.63) is 87.5 Å². The molecule has 1 fully saturated rings. The molecule has 1 aliphatic rings. The average Bonchev–Trinajstić information content (AvgIpc) is 3.27. The molecule has 0 unspecified atom stereocenters. The number of non-ortho nitro benzene ring substituents is 1. The van der Waals surface area contributed by atoms with Gasteiger partial charge in [0.15, 0.2) is 4.32 Å². The number of nitro groups is 1. The van der Waals surface area contributed by atoms with Gasteiger partial charge in [0.1, 0.15) is 11.5 Å². The van der Waals surface area contributed by atoms with Crippen molar-refractivity contribution >= 4 is 51.7 Å². The van der Waals surface area contributed by atoms with Gasteiger partial charge in [0, 0.05) is 23.8 Å². The van der Waals surface area contributed by atoms with E-state index in [1.807, 2.05) is 30.3 Å². The fourth-order valence-corrected chi connectivity index (χ4v) is 4.03. The van der Waals surface area contributed by atoms with Gasteiger partial charge in [-0.15, -0.1) is 0 Å². The third kappa shape index (κ3) is 3.47. The first-order valence-electron chi connectivity index (χ1n) is 8.20. The van der Waals surface area contributed by atoms with E-state index in [0.29, 0.717) is 32.0 Å². The summed E-state index contributed by atoms with van der Waals surface area (Å²) < 4.78 is 6.22. The Hall–Kier alpha value is -3.23. The fraction of sp³-hybridized carbons (Fsp3) is 0. The Morgan fingerprint density at radius 3 is 2.61 bits per heavy atom. The number of thioether (sulfide) groups is 1. The molecule has 0 saturated carbocycles. The number of carbonyl (C=O) groups is 1. The standard InChI is InChI=1S/C20H12N2O4S2/c23-19-18(28-20(27)21(19)14-6-2-1-3-7-14)12-16-9-10-17(26-16)13-5-4-8-15(11-13)22(24)25/h1-12H/b18-12-. The molecule has 1 aromatic heterocycles. The van der Waals surface area contributed by atoms with Crippen LogP contribution in [0, 0.1) is 10.1 Å². The van der Waals surface area contributed by atoms with Crippen molar-refractivity contribution in [3.8, 4) is 11.3 Å². The van der Waals surface area contributed by atoms with Gasteiger partial charge in [-0.05, 0) is 24.3 Å². The zero-order valence-corrected chi connectivity index (χ0v) is 15.9. The zero-order chi connectivity index (χ0) is 19.7. The first kappa shape index (κ1) is 18.1. The maximum Gasteiger partial charge on any atom is 0.270 e. The monoisotopic (exact) mass is 408 g/mol. The highest BCUT2D eigenvalue weighted by molar-refractivity contribution is 8.27. The lowest BCUT2D eigenvalue weighted by molar-refractivity contribution is -0.384. The maximum absolute atomic E-state index is 12.7. The third-order valence-corrected chi connectivity index (χ3v) is 5.35. The van der Waals surface area contributed by atoms with E-state index in [1.54, 1.807) is 30.3 Å². The minimum absolute atomic E-state index is 0.0146. The van der Waals surface area contributed by atoms with Gasteiger partial charge >= 0.3 is 0 Å². The highest BCUT2D eigenvalue weighted by Gasteiger charge is 2.33. The third-order valence-electron chi connectivity index (χ3n) is 4.05. The molecular formula is C20H12N2O4S2. The van der Waals surface area contributed by atoms with E-state index >= 15 is 0 Å². The first-order chi connectivity index (χ1) is 13.5. The second-order valence-electron chi connectivity index (χ2n) is 5.86. The van der Waals surface area contributed by atoms with Crippen LogP contribution in [0.15, 0.2) is 76.1 Å². The van der Waals surface area contributed by atoms with Crippen molar-refractivity contribution in [2.24, 2.45) is 0 Å². The second kappa shape index (κ2) is 7.41. The number of carbonyl (C=O) groups excluding carboxylic acids is 1. The summed E-state index contributed by atoms with van der Waals surface area (Å²) >= 11 is 6.55. The number of nitrogens with zero attached hydrogens (tertiary/aromatic N) is 2. The Labute approximate surface area is 169 Å². The van der Waals surface area contributed by atoms with E-state index in [4.69, 9.17) is 16.6 Å². The second-order valence-corrected chi connectivity index (χ2v) is 7.54. The number of nitro benzene ring substituents is 1. The Kier molecular flexibility index (Phi) is 4.81. The predicted octanol–water partition coefficient (Wildman–Crippen LogP) is 5.26. The van der Waals surface area contributed by atoms with E-state index in [2.05, 4.69) is 0 Å². The number of thiocarbonyl (C=S) groups is 1. The van der Waals surface area contributed by atoms with Crippen LogP contribution in [0.1, 0.15) is 5.76 Å². The van der Waals surface area contributed by atoms with E-state index < -0.39 is 4.92 Å². The van der Waals surface area contributed by atoms with Gasteiger partial charge in [-0.1, -0.05) is 54.3 Å².